The van der Waals surface area contributed by atoms with Crippen LogP contribution in [0.1, 0.15) is 115 Å². The van der Waals surface area contributed by atoms with E-state index < -0.39 is 0 Å². The van der Waals surface area contributed by atoms with Crippen molar-refractivity contribution in [3.05, 3.63) is 35.1 Å². The molecule has 2 aliphatic rings. The van der Waals surface area contributed by atoms with Crippen LogP contribution in [0.5, 0.6) is 0 Å². The zero-order valence-electron chi connectivity index (χ0n) is 18.1. The van der Waals surface area contributed by atoms with E-state index in [0.29, 0.717) is 11.8 Å². The summed E-state index contributed by atoms with van der Waals surface area (Å²) in [6.45, 7) is 9.43. The van der Waals surface area contributed by atoms with E-state index in [9.17, 15) is 4.39 Å². The van der Waals surface area contributed by atoms with Crippen molar-refractivity contribution < 1.29 is 4.39 Å². The van der Waals surface area contributed by atoms with Gasteiger partial charge < -0.3 is 0 Å². The molecule has 0 aromatic heterocycles. The highest BCUT2D eigenvalue weighted by Gasteiger charge is 2.28. The lowest BCUT2D eigenvalue weighted by Crippen LogP contribution is -2.20. The molecule has 0 heterocycles. The van der Waals surface area contributed by atoms with Crippen molar-refractivity contribution in [2.24, 2.45) is 23.7 Å². The van der Waals surface area contributed by atoms with Gasteiger partial charge in [0, 0.05) is 0 Å². The highest BCUT2D eigenvalue weighted by molar-refractivity contribution is 5.30. The van der Waals surface area contributed by atoms with Gasteiger partial charge in [0.2, 0.25) is 0 Å². The lowest BCUT2D eigenvalue weighted by molar-refractivity contribution is 0.226. The maximum absolute atomic E-state index is 14.9. The number of benzene rings is 1. The maximum atomic E-state index is 14.9. The summed E-state index contributed by atoms with van der Waals surface area (Å²) in [6, 6.07) is 6.26. The van der Waals surface area contributed by atoms with Crippen LogP contribution in [0.15, 0.2) is 18.2 Å². The molecule has 1 aromatic carbocycles. The second-order valence-corrected chi connectivity index (χ2v) is 10.3. The molecule has 0 N–H and O–H groups in total. The van der Waals surface area contributed by atoms with Crippen molar-refractivity contribution >= 4 is 0 Å². The molecule has 1 heteroatoms. The summed E-state index contributed by atoms with van der Waals surface area (Å²) < 4.78 is 14.9. The fourth-order valence-electron chi connectivity index (χ4n) is 5.55. The van der Waals surface area contributed by atoms with Crippen LogP contribution in [-0.4, -0.2) is 0 Å². The Morgan fingerprint density at radius 1 is 0.852 bits per heavy atom. The van der Waals surface area contributed by atoms with E-state index >= 15 is 0 Å². The van der Waals surface area contributed by atoms with Crippen LogP contribution in [0.3, 0.4) is 0 Å². The first-order valence-corrected chi connectivity index (χ1v) is 11.7. The second kappa shape index (κ2) is 9.57. The smallest absolute Gasteiger partial charge is 0.126 e. The van der Waals surface area contributed by atoms with Crippen molar-refractivity contribution in [1.82, 2.24) is 0 Å². The van der Waals surface area contributed by atoms with Gasteiger partial charge in [0.25, 0.3) is 0 Å². The molecule has 0 bridgehead atoms. The summed E-state index contributed by atoms with van der Waals surface area (Å²) in [5.41, 5.74) is 2.25. The van der Waals surface area contributed by atoms with Gasteiger partial charge in [-0.05, 0) is 91.2 Å². The molecule has 2 aliphatic carbocycles. The average molecular weight is 373 g/mol. The molecule has 0 saturated heterocycles. The highest BCUT2D eigenvalue weighted by Crippen LogP contribution is 2.42. The molecule has 0 nitrogen and oxygen atoms in total. The monoisotopic (exact) mass is 372 g/mol. The Morgan fingerprint density at radius 3 is 2.07 bits per heavy atom. The van der Waals surface area contributed by atoms with Gasteiger partial charge in [-0.25, -0.2) is 4.39 Å². The van der Waals surface area contributed by atoms with E-state index in [0.717, 1.165) is 29.2 Å². The zero-order valence-corrected chi connectivity index (χ0v) is 18.1. The van der Waals surface area contributed by atoms with Gasteiger partial charge >= 0.3 is 0 Å². The number of rotatable bonds is 6. The van der Waals surface area contributed by atoms with Gasteiger partial charge in [0.05, 0.1) is 0 Å². The van der Waals surface area contributed by atoms with E-state index in [1.54, 1.807) is 0 Å². The Bertz CT molecular complexity index is 574. The van der Waals surface area contributed by atoms with Gasteiger partial charge in [-0.1, -0.05) is 65.5 Å². The molecule has 1 unspecified atom stereocenters. The first-order chi connectivity index (χ1) is 12.9. The summed E-state index contributed by atoms with van der Waals surface area (Å²) in [6.07, 6.45) is 12.7. The summed E-state index contributed by atoms with van der Waals surface area (Å²) in [5, 5.41) is 0. The van der Waals surface area contributed by atoms with Crippen molar-refractivity contribution in [3.8, 4) is 0 Å². The van der Waals surface area contributed by atoms with Crippen molar-refractivity contribution in [3.63, 3.8) is 0 Å². The minimum Gasteiger partial charge on any atom is -0.207 e. The molecule has 1 atom stereocenters. The summed E-state index contributed by atoms with van der Waals surface area (Å²) in [7, 11) is 0. The Morgan fingerprint density at radius 2 is 1.48 bits per heavy atom. The molecular weight excluding hydrogens is 331 g/mol. The minimum atomic E-state index is 0.0717. The molecular formula is C26H41F. The molecule has 0 aliphatic heterocycles. The van der Waals surface area contributed by atoms with Crippen molar-refractivity contribution in [1.29, 1.82) is 0 Å². The normalized spacial score (nSPS) is 30.4. The van der Waals surface area contributed by atoms with Crippen LogP contribution in [0.25, 0.3) is 0 Å². The largest absolute Gasteiger partial charge is 0.207 e. The molecule has 2 saturated carbocycles. The molecule has 0 radical (unpaired) electrons. The van der Waals surface area contributed by atoms with E-state index in [1.165, 1.54) is 69.8 Å². The number of hydrogen-bond acceptors (Lipinski definition) is 0. The third kappa shape index (κ3) is 5.58. The lowest BCUT2D eigenvalue weighted by atomic mass is 9.72. The van der Waals surface area contributed by atoms with E-state index in [2.05, 4.69) is 39.8 Å². The minimum absolute atomic E-state index is 0.0717. The van der Waals surface area contributed by atoms with Gasteiger partial charge in [-0.15, -0.1) is 0 Å². The van der Waals surface area contributed by atoms with Crippen LogP contribution in [-0.2, 0) is 0 Å². The Balaban J connectivity index is 1.55. The molecule has 0 spiro atoms. The van der Waals surface area contributed by atoms with Crippen molar-refractivity contribution in [2.75, 3.05) is 0 Å². The predicted molar refractivity (Wildman–Crippen MR) is 115 cm³/mol. The molecule has 3 rings (SSSR count). The molecule has 27 heavy (non-hydrogen) atoms. The van der Waals surface area contributed by atoms with Crippen LogP contribution < -0.4 is 0 Å². The summed E-state index contributed by atoms with van der Waals surface area (Å²) >= 11 is 0. The second-order valence-electron chi connectivity index (χ2n) is 10.3. The van der Waals surface area contributed by atoms with Crippen LogP contribution in [0.2, 0.25) is 0 Å². The lowest BCUT2D eigenvalue weighted by Gasteiger charge is -2.33. The quantitative estimate of drug-likeness (QED) is 0.469. The first kappa shape index (κ1) is 20.9. The van der Waals surface area contributed by atoms with Gasteiger partial charge in [-0.3, -0.25) is 0 Å². The third-order valence-corrected chi connectivity index (χ3v) is 7.73. The van der Waals surface area contributed by atoms with E-state index in [1.807, 2.05) is 6.07 Å². The van der Waals surface area contributed by atoms with Gasteiger partial charge in [0.15, 0.2) is 0 Å². The van der Waals surface area contributed by atoms with E-state index in [-0.39, 0.29) is 5.82 Å². The standard InChI is InChI=1S/C26H41F/c1-18(2)5-8-20(4)21-11-13-23(14-12-21)25-16-15-24(17-26(25)27)22-9-6-19(3)7-10-22/h15-23H,5-14H2,1-4H3. The van der Waals surface area contributed by atoms with E-state index in [4.69, 9.17) is 0 Å². The zero-order chi connectivity index (χ0) is 19.4. The SMILES string of the molecule is CC(C)CCC(C)C1CCC(c2ccc(C3CCC(C)CC3)cc2F)CC1. The summed E-state index contributed by atoms with van der Waals surface area (Å²) in [5.74, 6) is 4.44. The van der Waals surface area contributed by atoms with Gasteiger partial charge in [0.1, 0.15) is 5.82 Å². The Kier molecular flexibility index (Phi) is 7.40. The topological polar surface area (TPSA) is 0 Å². The highest BCUT2D eigenvalue weighted by atomic mass is 19.1. The predicted octanol–water partition coefficient (Wildman–Crippen LogP) is 8.47. The fraction of sp³-hybridized carbons (Fsp3) is 0.769. The first-order valence-electron chi connectivity index (χ1n) is 11.7. The molecule has 1 aromatic rings. The summed E-state index contributed by atoms with van der Waals surface area (Å²) in [4.78, 5) is 0. The fourth-order valence-corrected chi connectivity index (χ4v) is 5.55. The van der Waals surface area contributed by atoms with Gasteiger partial charge in [-0.2, -0.15) is 0 Å². The third-order valence-electron chi connectivity index (χ3n) is 7.73. The molecule has 0 amide bonds. The molecule has 152 valence electrons. The molecule has 2 fully saturated rings. The van der Waals surface area contributed by atoms with Crippen molar-refractivity contribution in [2.45, 2.75) is 104 Å². The van der Waals surface area contributed by atoms with Crippen LogP contribution in [0.4, 0.5) is 4.39 Å². The van der Waals surface area contributed by atoms with Crippen LogP contribution >= 0.6 is 0 Å². The number of hydrogen-bond donors (Lipinski definition) is 0. The maximum Gasteiger partial charge on any atom is 0.126 e. The average Bonchev–Trinajstić information content (AvgIpc) is 2.67. The number of halogens is 1. The van der Waals surface area contributed by atoms with Crippen LogP contribution in [0, 0.1) is 29.5 Å². The Labute approximate surface area is 167 Å². The Hall–Kier alpha value is -0.850.